The molecule has 0 aromatic carbocycles. The van der Waals surface area contributed by atoms with Crippen LogP contribution in [0.3, 0.4) is 0 Å². The summed E-state index contributed by atoms with van der Waals surface area (Å²) in [6.45, 7) is 3.25. The van der Waals surface area contributed by atoms with Gasteiger partial charge in [0, 0.05) is 13.5 Å². The lowest BCUT2D eigenvalue weighted by atomic mass is 10.0. The van der Waals surface area contributed by atoms with E-state index in [4.69, 9.17) is 0 Å². The van der Waals surface area contributed by atoms with Crippen LogP contribution in [0.2, 0.25) is 0 Å². The molecule has 0 radical (unpaired) electrons. The second-order valence-electron chi connectivity index (χ2n) is 3.34. The molecule has 0 aliphatic heterocycles. The molecule has 1 aromatic heterocycles. The number of nitrogens with one attached hydrogen (secondary N) is 1. The summed E-state index contributed by atoms with van der Waals surface area (Å²) in [6, 6.07) is 0. The summed E-state index contributed by atoms with van der Waals surface area (Å²) in [7, 11) is 3.92. The monoisotopic (exact) mass is 182 g/mol. The predicted octanol–water partition coefficient (Wildman–Crippen LogP) is 0.603. The standard InChI is InChI=1S/C9H18N4/c1-4-8(6-10-2)5-9-11-7-12-13(9)3/h7-8,10H,4-6H2,1-3H3. The molecule has 1 atom stereocenters. The molecule has 13 heavy (non-hydrogen) atoms. The van der Waals surface area contributed by atoms with Gasteiger partial charge in [0.05, 0.1) is 0 Å². The van der Waals surface area contributed by atoms with E-state index < -0.39 is 0 Å². The highest BCUT2D eigenvalue weighted by molar-refractivity contribution is 4.86. The van der Waals surface area contributed by atoms with Crippen LogP contribution in [0.1, 0.15) is 19.2 Å². The van der Waals surface area contributed by atoms with Crippen LogP contribution in [0.15, 0.2) is 6.33 Å². The van der Waals surface area contributed by atoms with Crippen molar-refractivity contribution in [3.63, 3.8) is 0 Å². The van der Waals surface area contributed by atoms with Gasteiger partial charge in [0.15, 0.2) is 0 Å². The number of aryl methyl sites for hydroxylation is 1. The molecule has 1 aromatic rings. The molecule has 0 aliphatic rings. The van der Waals surface area contributed by atoms with Crippen LogP contribution in [0, 0.1) is 5.92 Å². The summed E-state index contributed by atoms with van der Waals surface area (Å²) in [5, 5.41) is 7.24. The average molecular weight is 182 g/mol. The van der Waals surface area contributed by atoms with Crippen molar-refractivity contribution in [3.8, 4) is 0 Å². The molecule has 0 aliphatic carbocycles. The van der Waals surface area contributed by atoms with E-state index in [2.05, 4.69) is 22.3 Å². The molecule has 0 fully saturated rings. The number of hydrogen-bond donors (Lipinski definition) is 1. The summed E-state index contributed by atoms with van der Waals surface area (Å²) in [4.78, 5) is 4.21. The molecular weight excluding hydrogens is 164 g/mol. The summed E-state index contributed by atoms with van der Waals surface area (Å²) >= 11 is 0. The van der Waals surface area contributed by atoms with Gasteiger partial charge >= 0.3 is 0 Å². The molecule has 1 heterocycles. The minimum absolute atomic E-state index is 0.660. The molecule has 1 unspecified atom stereocenters. The van der Waals surface area contributed by atoms with Gasteiger partial charge < -0.3 is 5.32 Å². The first kappa shape index (κ1) is 10.2. The zero-order chi connectivity index (χ0) is 9.68. The van der Waals surface area contributed by atoms with Crippen molar-refractivity contribution < 1.29 is 0 Å². The van der Waals surface area contributed by atoms with Crippen molar-refractivity contribution in [2.24, 2.45) is 13.0 Å². The van der Waals surface area contributed by atoms with Crippen molar-refractivity contribution in [3.05, 3.63) is 12.2 Å². The van der Waals surface area contributed by atoms with Crippen LogP contribution < -0.4 is 5.32 Å². The normalized spacial score (nSPS) is 13.2. The number of hydrogen-bond acceptors (Lipinski definition) is 3. The summed E-state index contributed by atoms with van der Waals surface area (Å²) in [6.07, 6.45) is 3.79. The second kappa shape index (κ2) is 4.97. The van der Waals surface area contributed by atoms with E-state index in [-0.39, 0.29) is 0 Å². The highest BCUT2D eigenvalue weighted by Gasteiger charge is 2.09. The van der Waals surface area contributed by atoms with Crippen LogP contribution >= 0.6 is 0 Å². The van der Waals surface area contributed by atoms with E-state index in [9.17, 15) is 0 Å². The average Bonchev–Trinajstić information content (AvgIpc) is 2.51. The van der Waals surface area contributed by atoms with Gasteiger partial charge in [-0.15, -0.1) is 0 Å². The fraction of sp³-hybridized carbons (Fsp3) is 0.778. The van der Waals surface area contributed by atoms with E-state index in [0.29, 0.717) is 5.92 Å². The smallest absolute Gasteiger partial charge is 0.138 e. The summed E-state index contributed by atoms with van der Waals surface area (Å²) in [5.74, 6) is 1.73. The Morgan fingerprint density at radius 2 is 2.38 bits per heavy atom. The third-order valence-electron chi connectivity index (χ3n) is 2.35. The molecule has 74 valence electrons. The summed E-state index contributed by atoms with van der Waals surface area (Å²) < 4.78 is 1.85. The van der Waals surface area contributed by atoms with Crippen molar-refractivity contribution in [2.75, 3.05) is 13.6 Å². The van der Waals surface area contributed by atoms with E-state index in [0.717, 1.165) is 18.8 Å². The molecular formula is C9H18N4. The Kier molecular flexibility index (Phi) is 3.89. The topological polar surface area (TPSA) is 42.7 Å². The van der Waals surface area contributed by atoms with Crippen molar-refractivity contribution in [2.45, 2.75) is 19.8 Å². The largest absolute Gasteiger partial charge is 0.319 e. The molecule has 0 spiro atoms. The van der Waals surface area contributed by atoms with Crippen LogP contribution in [0.5, 0.6) is 0 Å². The molecule has 1 N–H and O–H groups in total. The Morgan fingerprint density at radius 1 is 1.62 bits per heavy atom. The Balaban J connectivity index is 2.51. The van der Waals surface area contributed by atoms with Crippen LogP contribution in [-0.2, 0) is 13.5 Å². The van der Waals surface area contributed by atoms with Crippen LogP contribution in [0.25, 0.3) is 0 Å². The molecule has 1 rings (SSSR count). The SMILES string of the molecule is CCC(CNC)Cc1ncnn1C. The van der Waals surface area contributed by atoms with Gasteiger partial charge in [-0.2, -0.15) is 5.10 Å². The third-order valence-corrected chi connectivity index (χ3v) is 2.35. The zero-order valence-electron chi connectivity index (χ0n) is 8.62. The zero-order valence-corrected chi connectivity index (χ0v) is 8.62. The quantitative estimate of drug-likeness (QED) is 0.725. The number of nitrogens with zero attached hydrogens (tertiary/aromatic N) is 3. The Hall–Kier alpha value is -0.900. The van der Waals surface area contributed by atoms with Gasteiger partial charge in [0.2, 0.25) is 0 Å². The maximum Gasteiger partial charge on any atom is 0.138 e. The van der Waals surface area contributed by atoms with Crippen molar-refractivity contribution >= 4 is 0 Å². The lowest BCUT2D eigenvalue weighted by molar-refractivity contribution is 0.461. The van der Waals surface area contributed by atoms with E-state index in [1.807, 2.05) is 18.8 Å². The molecule has 4 nitrogen and oxygen atoms in total. The maximum absolute atomic E-state index is 4.21. The van der Waals surface area contributed by atoms with E-state index in [1.54, 1.807) is 6.33 Å². The van der Waals surface area contributed by atoms with Gasteiger partial charge in [0.25, 0.3) is 0 Å². The number of aromatic nitrogens is 3. The van der Waals surface area contributed by atoms with Gasteiger partial charge in [-0.25, -0.2) is 4.98 Å². The minimum Gasteiger partial charge on any atom is -0.319 e. The van der Waals surface area contributed by atoms with E-state index in [1.165, 1.54) is 6.42 Å². The minimum atomic E-state index is 0.660. The van der Waals surface area contributed by atoms with Crippen molar-refractivity contribution in [1.29, 1.82) is 0 Å². The molecule has 0 saturated carbocycles. The highest BCUT2D eigenvalue weighted by atomic mass is 15.3. The summed E-state index contributed by atoms with van der Waals surface area (Å²) in [5.41, 5.74) is 0. The lowest BCUT2D eigenvalue weighted by Gasteiger charge is -2.12. The molecule has 0 bridgehead atoms. The number of rotatable bonds is 5. The first-order valence-electron chi connectivity index (χ1n) is 4.75. The fourth-order valence-corrected chi connectivity index (χ4v) is 1.41. The lowest BCUT2D eigenvalue weighted by Crippen LogP contribution is -2.21. The van der Waals surface area contributed by atoms with Gasteiger partial charge in [-0.1, -0.05) is 13.3 Å². The van der Waals surface area contributed by atoms with Gasteiger partial charge in [-0.3, -0.25) is 4.68 Å². The predicted molar refractivity (Wildman–Crippen MR) is 52.4 cm³/mol. The van der Waals surface area contributed by atoms with Gasteiger partial charge in [0.1, 0.15) is 12.2 Å². The molecule has 4 heteroatoms. The Labute approximate surface area is 79.4 Å². The maximum atomic E-state index is 4.21. The third kappa shape index (κ3) is 2.81. The van der Waals surface area contributed by atoms with E-state index >= 15 is 0 Å². The first-order chi connectivity index (χ1) is 6.27. The fourth-order valence-electron chi connectivity index (χ4n) is 1.41. The van der Waals surface area contributed by atoms with Crippen molar-refractivity contribution in [1.82, 2.24) is 20.1 Å². The Morgan fingerprint density at radius 3 is 2.85 bits per heavy atom. The van der Waals surface area contributed by atoms with Crippen LogP contribution in [-0.4, -0.2) is 28.4 Å². The first-order valence-corrected chi connectivity index (χ1v) is 4.75. The van der Waals surface area contributed by atoms with Crippen LogP contribution in [0.4, 0.5) is 0 Å². The molecule has 0 saturated heterocycles. The Bertz CT molecular complexity index is 244. The second-order valence-corrected chi connectivity index (χ2v) is 3.34. The van der Waals surface area contributed by atoms with Gasteiger partial charge in [-0.05, 0) is 19.5 Å². The highest BCUT2D eigenvalue weighted by Crippen LogP contribution is 2.07. The molecule has 0 amide bonds.